The van der Waals surface area contributed by atoms with E-state index in [0.29, 0.717) is 22.5 Å². The van der Waals surface area contributed by atoms with Crippen molar-refractivity contribution in [3.05, 3.63) is 28.7 Å². The zero-order chi connectivity index (χ0) is 13.2. The molecular weight excluding hydrogens is 316 g/mol. The zero-order valence-electron chi connectivity index (χ0n) is 10.3. The fourth-order valence-electron chi connectivity index (χ4n) is 2.19. The lowest BCUT2D eigenvalue weighted by Gasteiger charge is -2.31. The number of nitrogens with zero attached hydrogens (tertiary/aromatic N) is 1. The Balaban J connectivity index is 2.29. The molecule has 100 valence electrons. The summed E-state index contributed by atoms with van der Waals surface area (Å²) in [5.74, 6) is 0. The van der Waals surface area contributed by atoms with E-state index in [9.17, 15) is 8.42 Å². The molecule has 1 aromatic carbocycles. The molecule has 1 N–H and O–H groups in total. The molecule has 1 aliphatic rings. The molecule has 0 unspecified atom stereocenters. The molecule has 1 aromatic rings. The lowest BCUT2D eigenvalue weighted by molar-refractivity contribution is 0.292. The van der Waals surface area contributed by atoms with Crippen LogP contribution < -0.4 is 5.32 Å². The molecule has 0 spiro atoms. The summed E-state index contributed by atoms with van der Waals surface area (Å²) in [5.41, 5.74) is 0. The smallest absolute Gasteiger partial charge is 0.244 e. The Kier molecular flexibility index (Phi) is 4.42. The lowest BCUT2D eigenvalue weighted by atomic mass is 10.1. The summed E-state index contributed by atoms with van der Waals surface area (Å²) in [6.07, 6.45) is 1.92. The second-order valence-electron chi connectivity index (χ2n) is 4.42. The number of benzene rings is 1. The number of nitrogens with one attached hydrogen (secondary N) is 1. The summed E-state index contributed by atoms with van der Waals surface area (Å²) in [5, 5.41) is 3.15. The van der Waals surface area contributed by atoms with Gasteiger partial charge in [-0.1, -0.05) is 12.1 Å². The highest BCUT2D eigenvalue weighted by atomic mass is 79.9. The van der Waals surface area contributed by atoms with Gasteiger partial charge in [-0.05, 0) is 48.0 Å². The van der Waals surface area contributed by atoms with E-state index in [1.54, 1.807) is 22.5 Å². The van der Waals surface area contributed by atoms with Gasteiger partial charge < -0.3 is 5.32 Å². The van der Waals surface area contributed by atoms with Gasteiger partial charge in [-0.2, -0.15) is 4.31 Å². The van der Waals surface area contributed by atoms with Crippen molar-refractivity contribution in [3.8, 4) is 0 Å². The van der Waals surface area contributed by atoms with Crippen molar-refractivity contribution in [3.63, 3.8) is 0 Å². The highest BCUT2D eigenvalue weighted by Gasteiger charge is 2.30. The number of rotatable bonds is 3. The first-order valence-corrected chi connectivity index (χ1v) is 8.21. The number of sulfonamides is 1. The van der Waals surface area contributed by atoms with Crippen LogP contribution in [0, 0.1) is 0 Å². The maximum Gasteiger partial charge on any atom is 0.244 e. The Bertz CT molecular complexity index is 519. The average Bonchev–Trinajstić information content (AvgIpc) is 2.39. The third-order valence-corrected chi connectivity index (χ3v) is 6.12. The van der Waals surface area contributed by atoms with Crippen molar-refractivity contribution in [2.45, 2.75) is 23.8 Å². The van der Waals surface area contributed by atoms with Crippen LogP contribution in [0.3, 0.4) is 0 Å². The highest BCUT2D eigenvalue weighted by molar-refractivity contribution is 9.10. The molecule has 0 bridgehead atoms. The van der Waals surface area contributed by atoms with Gasteiger partial charge in [-0.25, -0.2) is 8.42 Å². The van der Waals surface area contributed by atoms with Crippen molar-refractivity contribution < 1.29 is 8.42 Å². The molecule has 1 aliphatic heterocycles. The van der Waals surface area contributed by atoms with Crippen LogP contribution in [0.25, 0.3) is 0 Å². The predicted molar refractivity (Wildman–Crippen MR) is 75.0 cm³/mol. The second-order valence-corrected chi connectivity index (χ2v) is 7.18. The number of halogens is 1. The zero-order valence-corrected chi connectivity index (χ0v) is 12.7. The second kappa shape index (κ2) is 5.69. The average molecular weight is 333 g/mol. The normalized spacial score (nSPS) is 22.0. The molecule has 0 saturated carbocycles. The topological polar surface area (TPSA) is 49.4 Å². The van der Waals surface area contributed by atoms with Gasteiger partial charge in [0.15, 0.2) is 0 Å². The summed E-state index contributed by atoms with van der Waals surface area (Å²) < 4.78 is 27.3. The largest absolute Gasteiger partial charge is 0.316 e. The minimum absolute atomic E-state index is 0.246. The van der Waals surface area contributed by atoms with Crippen LogP contribution in [0.15, 0.2) is 33.6 Å². The van der Waals surface area contributed by atoms with Crippen LogP contribution in [0.2, 0.25) is 0 Å². The molecule has 1 atom stereocenters. The first-order valence-electron chi connectivity index (χ1n) is 5.97. The van der Waals surface area contributed by atoms with Crippen LogP contribution >= 0.6 is 15.9 Å². The minimum atomic E-state index is -3.39. The van der Waals surface area contributed by atoms with Gasteiger partial charge in [0.2, 0.25) is 10.0 Å². The van der Waals surface area contributed by atoms with E-state index < -0.39 is 10.0 Å². The van der Waals surface area contributed by atoms with E-state index >= 15 is 0 Å². The molecule has 0 amide bonds. The van der Waals surface area contributed by atoms with Crippen molar-refractivity contribution in [1.82, 2.24) is 9.62 Å². The van der Waals surface area contributed by atoms with Crippen LogP contribution in [0.1, 0.15) is 12.8 Å². The lowest BCUT2D eigenvalue weighted by Crippen LogP contribution is -2.46. The standard InChI is InChI=1S/C12H17BrN2O2S/c1-14-10-5-4-8-15(9-10)18(16,17)12-7-3-2-6-11(12)13/h2-3,6-7,10,14H,4-5,8-9H2,1H3/t10-/m0/s1. The van der Waals surface area contributed by atoms with Gasteiger partial charge in [-0.3, -0.25) is 0 Å². The monoisotopic (exact) mass is 332 g/mol. The van der Waals surface area contributed by atoms with Gasteiger partial charge in [0, 0.05) is 23.6 Å². The van der Waals surface area contributed by atoms with Crippen LogP contribution in [-0.2, 0) is 10.0 Å². The van der Waals surface area contributed by atoms with E-state index in [2.05, 4.69) is 21.2 Å². The first-order chi connectivity index (χ1) is 8.55. The molecule has 0 aromatic heterocycles. The summed E-state index contributed by atoms with van der Waals surface area (Å²) in [4.78, 5) is 0.349. The SMILES string of the molecule is CN[C@H]1CCCN(S(=O)(=O)c2ccccc2Br)C1. The first kappa shape index (κ1) is 14.0. The third kappa shape index (κ3) is 2.77. The number of likely N-dealkylation sites (N-methyl/N-ethyl adjacent to an activating group) is 1. The van der Waals surface area contributed by atoms with Crippen molar-refractivity contribution in [2.24, 2.45) is 0 Å². The van der Waals surface area contributed by atoms with E-state index in [1.165, 1.54) is 0 Å². The Morgan fingerprint density at radius 2 is 2.11 bits per heavy atom. The van der Waals surface area contributed by atoms with Crippen molar-refractivity contribution >= 4 is 26.0 Å². The van der Waals surface area contributed by atoms with Crippen LogP contribution in [-0.4, -0.2) is 38.9 Å². The number of hydrogen-bond acceptors (Lipinski definition) is 3. The van der Waals surface area contributed by atoms with Gasteiger partial charge in [0.05, 0.1) is 4.90 Å². The molecule has 1 fully saturated rings. The van der Waals surface area contributed by atoms with Crippen LogP contribution in [0.4, 0.5) is 0 Å². The summed E-state index contributed by atoms with van der Waals surface area (Å²) in [7, 11) is -1.52. The summed E-state index contributed by atoms with van der Waals surface area (Å²) in [6.45, 7) is 1.14. The Labute approximate surface area is 117 Å². The van der Waals surface area contributed by atoms with Gasteiger partial charge in [-0.15, -0.1) is 0 Å². The third-order valence-electron chi connectivity index (χ3n) is 3.25. The maximum atomic E-state index is 12.5. The van der Waals surface area contributed by atoms with E-state index in [1.807, 2.05) is 13.1 Å². The molecule has 1 heterocycles. The molecule has 4 nitrogen and oxygen atoms in total. The highest BCUT2D eigenvalue weighted by Crippen LogP contribution is 2.26. The molecule has 6 heteroatoms. The van der Waals surface area contributed by atoms with E-state index in [-0.39, 0.29) is 6.04 Å². The molecule has 0 radical (unpaired) electrons. The Morgan fingerprint density at radius 3 is 2.78 bits per heavy atom. The van der Waals surface area contributed by atoms with Crippen molar-refractivity contribution in [1.29, 1.82) is 0 Å². The quantitative estimate of drug-likeness (QED) is 0.918. The number of piperidine rings is 1. The Hall–Kier alpha value is -0.430. The van der Waals surface area contributed by atoms with Crippen molar-refractivity contribution in [2.75, 3.05) is 20.1 Å². The number of hydrogen-bond donors (Lipinski definition) is 1. The fourth-order valence-corrected chi connectivity index (χ4v) is 4.68. The van der Waals surface area contributed by atoms with E-state index in [0.717, 1.165) is 12.8 Å². The molecule has 1 saturated heterocycles. The van der Waals surface area contributed by atoms with Gasteiger partial charge in [0.1, 0.15) is 0 Å². The molecule has 0 aliphatic carbocycles. The predicted octanol–water partition coefficient (Wildman–Crippen LogP) is 1.82. The Morgan fingerprint density at radius 1 is 1.39 bits per heavy atom. The van der Waals surface area contributed by atoms with Crippen LogP contribution in [0.5, 0.6) is 0 Å². The summed E-state index contributed by atoms with van der Waals surface area (Å²) in [6, 6.07) is 7.21. The fraction of sp³-hybridized carbons (Fsp3) is 0.500. The van der Waals surface area contributed by atoms with E-state index in [4.69, 9.17) is 0 Å². The maximum absolute atomic E-state index is 12.5. The molecule has 18 heavy (non-hydrogen) atoms. The molecular formula is C12H17BrN2O2S. The van der Waals surface area contributed by atoms with Gasteiger partial charge >= 0.3 is 0 Å². The summed E-state index contributed by atoms with van der Waals surface area (Å²) >= 11 is 3.31. The van der Waals surface area contributed by atoms with Gasteiger partial charge in [0.25, 0.3) is 0 Å². The molecule has 2 rings (SSSR count). The minimum Gasteiger partial charge on any atom is -0.316 e.